The molecule has 0 aliphatic heterocycles. The van der Waals surface area contributed by atoms with Gasteiger partial charge in [-0.25, -0.2) is 15.0 Å². The second kappa shape index (κ2) is 16.3. The fraction of sp³-hybridized carbons (Fsp3) is 0.618. The van der Waals surface area contributed by atoms with E-state index in [1.165, 1.54) is 35.9 Å². The molecule has 272 valence electrons. The monoisotopic (exact) mass is 727 g/mol. The normalized spacial score (nSPS) is 16.6. The summed E-state index contributed by atoms with van der Waals surface area (Å²) in [6.07, 6.45) is 1.27. The van der Waals surface area contributed by atoms with Crippen molar-refractivity contribution in [3.05, 3.63) is 46.2 Å². The number of aryl methyl sites for hydroxylation is 1. The Balaban J connectivity index is 0.000000838. The van der Waals surface area contributed by atoms with Gasteiger partial charge in [-0.1, -0.05) is 52.0 Å². The van der Waals surface area contributed by atoms with Crippen LogP contribution in [-0.4, -0.2) is 79.7 Å². The number of thiazole rings is 1. The summed E-state index contributed by atoms with van der Waals surface area (Å²) in [6, 6.07) is 5.69. The van der Waals surface area contributed by atoms with Gasteiger partial charge >= 0.3 is 16.4 Å². The van der Waals surface area contributed by atoms with Gasteiger partial charge in [-0.05, 0) is 59.8 Å². The van der Waals surface area contributed by atoms with Crippen LogP contribution in [0.4, 0.5) is 19.0 Å². The van der Waals surface area contributed by atoms with Gasteiger partial charge in [-0.15, -0.1) is 0 Å². The average molecular weight is 728 g/mol. The van der Waals surface area contributed by atoms with Crippen LogP contribution in [0.25, 0.3) is 10.3 Å². The predicted molar refractivity (Wildman–Crippen MR) is 187 cm³/mol. The highest BCUT2D eigenvalue weighted by Crippen LogP contribution is 2.38. The maximum absolute atomic E-state index is 13.7. The van der Waals surface area contributed by atoms with Gasteiger partial charge in [0.1, 0.15) is 16.2 Å². The summed E-state index contributed by atoms with van der Waals surface area (Å²) < 4.78 is 60.5. The minimum atomic E-state index is -4.64. The minimum absolute atomic E-state index is 0.00689. The summed E-state index contributed by atoms with van der Waals surface area (Å²) in [4.78, 5) is 39.3. The number of alkyl halides is 3. The first-order valence-electron chi connectivity index (χ1n) is 16.4. The van der Waals surface area contributed by atoms with Crippen molar-refractivity contribution in [2.75, 3.05) is 39.0 Å². The first-order chi connectivity index (χ1) is 22.6. The highest BCUT2D eigenvalue weighted by atomic mass is 32.2. The number of carbonyl (C=O) groups excluding carboxylic acids is 2. The summed E-state index contributed by atoms with van der Waals surface area (Å²) >= 11 is 1.39. The number of nitrogens with one attached hydrogen (secondary N) is 2. The van der Waals surface area contributed by atoms with Crippen molar-refractivity contribution >= 4 is 49.3 Å². The number of hydrogen-bond acceptors (Lipinski definition) is 8. The molecule has 3 atom stereocenters. The molecule has 0 aromatic carbocycles. The number of aromatic nitrogens is 3. The van der Waals surface area contributed by atoms with Crippen molar-refractivity contribution in [3.63, 3.8) is 0 Å². The van der Waals surface area contributed by atoms with E-state index in [0.717, 1.165) is 64.7 Å². The highest BCUT2D eigenvalue weighted by molar-refractivity contribution is 7.90. The van der Waals surface area contributed by atoms with Crippen LogP contribution in [0.5, 0.6) is 0 Å². The lowest BCUT2D eigenvalue weighted by atomic mass is 9.71. The van der Waals surface area contributed by atoms with Crippen LogP contribution in [0.2, 0.25) is 0 Å². The predicted octanol–water partition coefficient (Wildman–Crippen LogP) is 5.51. The summed E-state index contributed by atoms with van der Waals surface area (Å²) in [5.74, 6) is -0.378. The number of halogens is 3. The molecule has 0 bridgehead atoms. The molecule has 0 radical (unpaired) electrons. The Morgan fingerprint density at radius 3 is 2.33 bits per heavy atom. The third kappa shape index (κ3) is 11.8. The van der Waals surface area contributed by atoms with Gasteiger partial charge < -0.3 is 4.90 Å². The van der Waals surface area contributed by atoms with Crippen molar-refractivity contribution < 1.29 is 36.1 Å². The molecule has 0 saturated carbocycles. The number of pyridine rings is 2. The standard InChI is InChI=1S/C31H46N6O3S2.C3H3F3O/c1-20(2)19-37(8)14-13-21(22-9-12-28(32-18-22)35-42(39,40)36(6)7)17-27(38)30-34-26-16-23-15-24(31(3,4)5)10-11-25(23)33-29(26)41-30;1-2(7)3(4,5)6/h9,12,16,18,20-21,24H,10-11,13-15,17,19H2,1-8H3,(H,32,35);1H3/p+1/t21-,24-;/m0./s1. The van der Waals surface area contributed by atoms with E-state index in [4.69, 9.17) is 9.97 Å². The number of fused-ring (bicyclic) bond motifs is 2. The lowest BCUT2D eigenvalue weighted by Crippen LogP contribution is -3.09. The maximum atomic E-state index is 13.7. The van der Waals surface area contributed by atoms with Crippen LogP contribution >= 0.6 is 11.3 Å². The molecule has 0 fully saturated rings. The number of Topliss-reactive ketones (excluding diaryl/α,β-unsaturated/α-hetero) is 2. The molecule has 15 heteroatoms. The lowest BCUT2D eigenvalue weighted by molar-refractivity contribution is -0.883. The number of rotatable bonds is 12. The zero-order valence-corrected chi connectivity index (χ0v) is 31.5. The first-order valence-corrected chi connectivity index (χ1v) is 18.7. The summed E-state index contributed by atoms with van der Waals surface area (Å²) in [7, 11) is 1.45. The molecule has 0 saturated heterocycles. The molecule has 3 aromatic rings. The Morgan fingerprint density at radius 2 is 1.80 bits per heavy atom. The van der Waals surface area contributed by atoms with Crippen molar-refractivity contribution in [1.82, 2.24) is 19.3 Å². The van der Waals surface area contributed by atoms with E-state index in [-0.39, 0.29) is 22.9 Å². The van der Waals surface area contributed by atoms with Crippen molar-refractivity contribution in [3.8, 4) is 0 Å². The average Bonchev–Trinajstić information content (AvgIpc) is 3.40. The van der Waals surface area contributed by atoms with Gasteiger partial charge in [-0.2, -0.15) is 25.9 Å². The van der Waals surface area contributed by atoms with Crippen LogP contribution in [0.15, 0.2) is 24.4 Å². The molecule has 2 N–H and O–H groups in total. The zero-order valence-electron chi connectivity index (χ0n) is 29.9. The molecule has 1 unspecified atom stereocenters. The molecular formula is C34H50F3N6O4S2+. The number of quaternary nitrogens is 1. The second-order valence-corrected chi connectivity index (χ2v) is 17.4. The van der Waals surface area contributed by atoms with Gasteiger partial charge in [0.2, 0.25) is 5.78 Å². The smallest absolute Gasteiger partial charge is 0.337 e. The zero-order chi connectivity index (χ0) is 36.9. The number of hydrogen-bond donors (Lipinski definition) is 2. The van der Waals surface area contributed by atoms with Crippen LogP contribution in [0.1, 0.15) is 93.3 Å². The molecular weight excluding hydrogens is 678 g/mol. The van der Waals surface area contributed by atoms with E-state index in [2.05, 4.69) is 57.4 Å². The minimum Gasteiger partial charge on any atom is -0.337 e. The van der Waals surface area contributed by atoms with Crippen LogP contribution < -0.4 is 9.62 Å². The van der Waals surface area contributed by atoms with Crippen molar-refractivity contribution in [1.29, 1.82) is 0 Å². The Kier molecular flexibility index (Phi) is 13.5. The van der Waals surface area contributed by atoms with Gasteiger partial charge in [0.15, 0.2) is 10.8 Å². The second-order valence-electron chi connectivity index (χ2n) is 14.6. The van der Waals surface area contributed by atoms with Crippen LogP contribution in [0.3, 0.4) is 0 Å². The molecule has 3 heterocycles. The van der Waals surface area contributed by atoms with E-state index in [0.29, 0.717) is 30.2 Å². The number of anilines is 1. The van der Waals surface area contributed by atoms with E-state index in [1.54, 1.807) is 12.3 Å². The maximum Gasteiger partial charge on any atom is 0.449 e. The third-order valence-electron chi connectivity index (χ3n) is 8.69. The molecule has 1 aliphatic rings. The SMILES string of the molecule is CC(=O)C(F)(F)F.CC(C)C[NH+](C)CC[C@@H](CC(=O)c1nc2cc3c(nc2s1)CC[C@H](C(C)(C)C)C3)c1ccc(NS(=O)(=O)N(C)C)nc1. The molecule has 0 spiro atoms. The Hall–Kier alpha value is -3.01. The topological polar surface area (TPSA) is 127 Å². The van der Waals surface area contributed by atoms with E-state index >= 15 is 0 Å². The van der Waals surface area contributed by atoms with Crippen molar-refractivity contribution in [2.24, 2.45) is 17.3 Å². The molecule has 1 aliphatic carbocycles. The molecule has 0 amide bonds. The Bertz CT molecular complexity index is 1700. The number of ketones is 2. The van der Waals surface area contributed by atoms with E-state index in [1.807, 2.05) is 6.07 Å². The Morgan fingerprint density at radius 1 is 1.14 bits per heavy atom. The van der Waals surface area contributed by atoms with E-state index in [9.17, 15) is 31.2 Å². The van der Waals surface area contributed by atoms with Gasteiger partial charge in [0.25, 0.3) is 0 Å². The lowest BCUT2D eigenvalue weighted by Gasteiger charge is -2.34. The number of carbonyl (C=O) groups is 2. The first kappa shape index (κ1) is 40.4. The molecule has 49 heavy (non-hydrogen) atoms. The highest BCUT2D eigenvalue weighted by Gasteiger charge is 2.34. The quantitative estimate of drug-likeness (QED) is 0.236. The van der Waals surface area contributed by atoms with Crippen LogP contribution in [-0.2, 0) is 27.8 Å². The summed E-state index contributed by atoms with van der Waals surface area (Å²) in [5.41, 5.74) is 4.39. The Labute approximate surface area is 292 Å². The largest absolute Gasteiger partial charge is 0.449 e. The fourth-order valence-corrected chi connectivity index (χ4v) is 7.18. The van der Waals surface area contributed by atoms with Gasteiger partial charge in [0, 0.05) is 51.7 Å². The van der Waals surface area contributed by atoms with Crippen molar-refractivity contribution in [2.45, 2.75) is 85.7 Å². The molecule has 3 aromatic heterocycles. The summed E-state index contributed by atoms with van der Waals surface area (Å²) in [6.45, 7) is 13.8. The van der Waals surface area contributed by atoms with Crippen LogP contribution in [0, 0.1) is 17.3 Å². The third-order valence-corrected chi connectivity index (χ3v) is 11.1. The van der Waals surface area contributed by atoms with Gasteiger partial charge in [0.05, 0.1) is 20.1 Å². The number of nitrogens with zero attached hydrogens (tertiary/aromatic N) is 4. The molecule has 10 nitrogen and oxygen atoms in total. The van der Waals surface area contributed by atoms with Gasteiger partial charge in [-0.3, -0.25) is 14.3 Å². The van der Waals surface area contributed by atoms with E-state index < -0.39 is 22.2 Å². The molecule has 4 rings (SSSR count). The summed E-state index contributed by atoms with van der Waals surface area (Å²) in [5, 5.41) is 0.503. The fourth-order valence-electron chi connectivity index (χ4n) is 5.72.